The van der Waals surface area contributed by atoms with Crippen molar-refractivity contribution >= 4 is 156 Å². The number of carbonyl (C=O) groups is 6. The van der Waals surface area contributed by atoms with Crippen molar-refractivity contribution in [2.45, 2.75) is 116 Å². The van der Waals surface area contributed by atoms with E-state index in [9.17, 15) is 44.1 Å². The molecule has 12 rings (SSSR count). The maximum absolute atomic E-state index is 13.7. The highest BCUT2D eigenvalue weighted by atomic mass is 127. The van der Waals surface area contributed by atoms with Crippen LogP contribution in [0.4, 0.5) is 11.4 Å². The molecular formula is C90H85Br2I2N5O15. The van der Waals surface area contributed by atoms with E-state index in [0.717, 1.165) is 48.8 Å². The lowest BCUT2D eigenvalue weighted by atomic mass is 9.97. The summed E-state index contributed by atoms with van der Waals surface area (Å²) in [5, 5.41) is 32.2. The van der Waals surface area contributed by atoms with Crippen LogP contribution in [0.15, 0.2) is 241 Å². The first-order chi connectivity index (χ1) is 54.7. The zero-order valence-electron chi connectivity index (χ0n) is 62.3. The molecule has 3 aromatic heterocycles. The highest BCUT2D eigenvalue weighted by molar-refractivity contribution is 14.1. The van der Waals surface area contributed by atoms with Gasteiger partial charge in [-0.05, 0) is 205 Å². The van der Waals surface area contributed by atoms with E-state index in [0.29, 0.717) is 212 Å². The number of benzene rings is 9. The summed E-state index contributed by atoms with van der Waals surface area (Å²) in [7, 11) is 0. The Morgan fingerprint density at radius 2 is 0.658 bits per heavy atom. The predicted octanol–water partition coefficient (Wildman–Crippen LogP) is 20.2. The van der Waals surface area contributed by atoms with Gasteiger partial charge in [-0.1, -0.05) is 130 Å². The van der Waals surface area contributed by atoms with Crippen molar-refractivity contribution in [1.29, 1.82) is 0 Å². The minimum absolute atomic E-state index is 0.0155. The second-order valence-corrected chi connectivity index (χ2v) is 31.3. The van der Waals surface area contributed by atoms with Crippen LogP contribution >= 0.6 is 77.0 Å². The standard InChI is InChI=1S/C30H27Br2NO5.C30H27I2NO5.C30H31N3O5/c3*1-18(14-19-8-4-2-5-9-19)37-21-12-13-22-26(17-21)38-25(10-6-3-7-11-27(33)34)28(22)29(35)20-15-23(31)30(36)24(32)16-20/h2*2,4-5,8-9,12-13,15-17,36H,1,3,6-7,10-11,14H2,(H2,33,34);2,4-5,8-9,12-13,15-17,36H,1,3,6-7,10-11,14,31-32H2,(H2,33,34). The van der Waals surface area contributed by atoms with Crippen molar-refractivity contribution in [2.75, 3.05) is 11.5 Å². The lowest BCUT2D eigenvalue weighted by molar-refractivity contribution is -0.119. The average Bonchev–Trinajstić information content (AvgIpc) is 1.63. The van der Waals surface area contributed by atoms with Gasteiger partial charge in [-0.3, -0.25) is 28.8 Å². The van der Waals surface area contributed by atoms with E-state index >= 15 is 0 Å². The van der Waals surface area contributed by atoms with Gasteiger partial charge >= 0.3 is 0 Å². The molecule has 24 heteroatoms. The number of hydrogen-bond donors (Lipinski definition) is 8. The number of rotatable bonds is 36. The molecule has 0 aliphatic heterocycles. The highest BCUT2D eigenvalue weighted by Crippen LogP contribution is 2.41. The maximum Gasteiger partial charge on any atom is 0.217 e. The normalized spacial score (nSPS) is 11.0. The quantitative estimate of drug-likeness (QED) is 0.00451. The van der Waals surface area contributed by atoms with E-state index in [2.05, 4.69) is 51.6 Å². The third-order valence-corrected chi connectivity index (χ3v) is 21.2. The molecule has 3 heterocycles. The third kappa shape index (κ3) is 23.4. The molecule has 0 radical (unpaired) electrons. The number of fused-ring (bicyclic) bond motifs is 3. The molecular weight excluding hydrogens is 1800 g/mol. The first-order valence-electron chi connectivity index (χ1n) is 36.8. The van der Waals surface area contributed by atoms with Crippen molar-refractivity contribution in [1.82, 2.24) is 0 Å². The van der Waals surface area contributed by atoms with Gasteiger partial charge in [-0.25, -0.2) is 0 Å². The van der Waals surface area contributed by atoms with Gasteiger partial charge in [0.2, 0.25) is 17.7 Å². The number of carbonyl (C=O) groups excluding carboxylic acids is 6. The molecule has 0 spiro atoms. The second kappa shape index (κ2) is 40.7. The summed E-state index contributed by atoms with van der Waals surface area (Å²) in [5.41, 5.74) is 34.8. The predicted molar refractivity (Wildman–Crippen MR) is 467 cm³/mol. The number of primary amides is 3. The molecule has 0 aliphatic rings. The van der Waals surface area contributed by atoms with E-state index in [-0.39, 0.29) is 69.3 Å². The average molecular weight is 1890 g/mol. The molecule has 20 nitrogen and oxygen atoms in total. The van der Waals surface area contributed by atoms with E-state index in [1.807, 2.05) is 154 Å². The summed E-state index contributed by atoms with van der Waals surface area (Å²) in [6, 6.07) is 55.2. The molecule has 13 N–H and O–H groups in total. The van der Waals surface area contributed by atoms with E-state index in [1.54, 1.807) is 60.7 Å². The molecule has 0 unspecified atom stereocenters. The van der Waals surface area contributed by atoms with Crippen LogP contribution in [0.2, 0.25) is 0 Å². The number of unbranched alkanes of at least 4 members (excludes halogenated alkanes) is 6. The van der Waals surface area contributed by atoms with Crippen LogP contribution in [0.3, 0.4) is 0 Å². The molecule has 12 aromatic rings. The summed E-state index contributed by atoms with van der Waals surface area (Å²) >= 11 is 10.7. The van der Waals surface area contributed by atoms with Crippen molar-refractivity contribution in [3.63, 3.8) is 0 Å². The zero-order chi connectivity index (χ0) is 81.7. The van der Waals surface area contributed by atoms with Gasteiger partial charge in [0.05, 0.1) is 44.2 Å². The number of allylic oxidation sites excluding steroid dienone is 3. The molecule has 0 aliphatic carbocycles. The number of amides is 3. The Hall–Kier alpha value is -10.9. The van der Waals surface area contributed by atoms with Gasteiger partial charge in [0.1, 0.15) is 80.1 Å². The van der Waals surface area contributed by atoms with Gasteiger partial charge in [0, 0.05) is 109 Å². The number of anilines is 2. The van der Waals surface area contributed by atoms with Crippen LogP contribution in [-0.2, 0) is 52.9 Å². The van der Waals surface area contributed by atoms with Crippen LogP contribution in [0.25, 0.3) is 32.9 Å². The van der Waals surface area contributed by atoms with Crippen molar-refractivity contribution < 1.29 is 71.5 Å². The fraction of sp³-hybridized carbons (Fsp3) is 0.200. The molecule has 588 valence electrons. The Morgan fingerprint density at radius 1 is 0.368 bits per heavy atom. The number of ether oxygens (including phenoxy) is 3. The fourth-order valence-electron chi connectivity index (χ4n) is 12.8. The maximum atomic E-state index is 13.7. The summed E-state index contributed by atoms with van der Waals surface area (Å²) in [6.45, 7) is 12.1. The van der Waals surface area contributed by atoms with Gasteiger partial charge in [0.25, 0.3) is 0 Å². The van der Waals surface area contributed by atoms with E-state index in [4.69, 9.17) is 56.1 Å². The number of halogens is 4. The number of nitrogens with two attached hydrogens (primary N) is 5. The topological polar surface area (TPSA) is 360 Å². The van der Waals surface area contributed by atoms with Crippen LogP contribution < -0.4 is 42.9 Å². The van der Waals surface area contributed by atoms with Gasteiger partial charge < -0.3 is 71.4 Å². The van der Waals surface area contributed by atoms with Crippen LogP contribution in [0, 0.1) is 7.14 Å². The number of aryl methyl sites for hydroxylation is 3. The molecule has 0 saturated heterocycles. The lowest BCUT2D eigenvalue weighted by Gasteiger charge is -2.09. The van der Waals surface area contributed by atoms with Crippen LogP contribution in [0.5, 0.6) is 34.5 Å². The molecule has 0 saturated carbocycles. The van der Waals surface area contributed by atoms with E-state index in [1.165, 1.54) is 12.1 Å². The zero-order valence-corrected chi connectivity index (χ0v) is 69.8. The molecule has 0 bridgehead atoms. The number of furan rings is 3. The Kier molecular flexibility index (Phi) is 30.5. The molecule has 114 heavy (non-hydrogen) atoms. The number of ketones is 3. The van der Waals surface area contributed by atoms with Crippen molar-refractivity contribution in [3.05, 3.63) is 302 Å². The second-order valence-electron chi connectivity index (χ2n) is 27.2. The van der Waals surface area contributed by atoms with Crippen LogP contribution in [0.1, 0.15) is 159 Å². The minimum atomic E-state index is -0.339. The third-order valence-electron chi connectivity index (χ3n) is 18.4. The van der Waals surface area contributed by atoms with Crippen molar-refractivity contribution in [3.8, 4) is 34.5 Å². The van der Waals surface area contributed by atoms with Gasteiger partial charge in [0.15, 0.2) is 23.1 Å². The van der Waals surface area contributed by atoms with Gasteiger partial charge in [-0.2, -0.15) is 0 Å². The smallest absolute Gasteiger partial charge is 0.217 e. The largest absolute Gasteiger partial charge is 0.506 e. The summed E-state index contributed by atoms with van der Waals surface area (Å²) < 4.78 is 38.5. The lowest BCUT2D eigenvalue weighted by Crippen LogP contribution is -2.09. The Labute approximate surface area is 703 Å². The number of phenols is 3. The summed E-state index contributed by atoms with van der Waals surface area (Å²) in [6.07, 6.45) is 10.7. The first kappa shape index (κ1) is 85.5. The van der Waals surface area contributed by atoms with E-state index < -0.39 is 0 Å². The fourth-order valence-corrected chi connectivity index (χ4v) is 15.8. The number of hydrogen-bond acceptors (Lipinski definition) is 17. The van der Waals surface area contributed by atoms with Gasteiger partial charge in [-0.15, -0.1) is 0 Å². The van der Waals surface area contributed by atoms with Crippen molar-refractivity contribution in [2.24, 2.45) is 17.2 Å². The molecule has 3 amide bonds. The molecule has 0 fully saturated rings. The number of nitrogen functional groups attached to an aromatic ring is 2. The first-order valence-corrected chi connectivity index (χ1v) is 40.5. The Morgan fingerprint density at radius 3 is 0.956 bits per heavy atom. The number of phenolic OH excluding ortho intramolecular Hbond substituents is 3. The molecule has 0 atom stereocenters. The van der Waals surface area contributed by atoms with Crippen LogP contribution in [-0.4, -0.2) is 50.4 Å². The highest BCUT2D eigenvalue weighted by Gasteiger charge is 2.28. The minimum Gasteiger partial charge on any atom is -0.506 e. The summed E-state index contributed by atoms with van der Waals surface area (Å²) in [4.78, 5) is 74.3. The monoisotopic (exact) mass is 1890 g/mol. The SMILES string of the molecule is C=C(Cc1ccccc1)Oc1ccc2c(C(=O)c3cc(Br)c(O)c(Br)c3)c(CCCCCC(N)=O)oc2c1.C=C(Cc1ccccc1)Oc1ccc2c(C(=O)c3cc(I)c(O)c(I)c3)c(CCCCCC(N)=O)oc2c1.C=C(Cc1ccccc1)Oc1ccc2c(C(=O)c3cc(N)c(O)c(N)c3)c(CCCCCC(N)=O)oc2c1. The molecule has 9 aromatic carbocycles. The summed E-state index contributed by atoms with van der Waals surface area (Å²) in [5.74, 6) is 3.32. The Balaban J connectivity index is 0.000000181. The number of aromatic hydroxyl groups is 3. The Bertz CT molecular complexity index is 4960.